The van der Waals surface area contributed by atoms with Crippen LogP contribution in [0.2, 0.25) is 0 Å². The van der Waals surface area contributed by atoms with Crippen molar-refractivity contribution >= 4 is 11.6 Å². The van der Waals surface area contributed by atoms with Crippen molar-refractivity contribution in [3.63, 3.8) is 0 Å². The number of anilines is 1. The van der Waals surface area contributed by atoms with Crippen molar-refractivity contribution in [2.24, 2.45) is 0 Å². The fraction of sp³-hybridized carbons (Fsp3) is 0.278. The zero-order valence-electron chi connectivity index (χ0n) is 12.4. The van der Waals surface area contributed by atoms with Gasteiger partial charge in [-0.15, -0.1) is 0 Å². The van der Waals surface area contributed by atoms with Gasteiger partial charge < -0.3 is 10.2 Å². The maximum Gasteiger partial charge on any atom is 0.228 e. The highest BCUT2D eigenvalue weighted by Crippen LogP contribution is 2.34. The van der Waals surface area contributed by atoms with Crippen LogP contribution in [-0.4, -0.2) is 13.0 Å². The number of hydrogen-bond acceptors (Lipinski definition) is 2. The summed E-state index contributed by atoms with van der Waals surface area (Å²) in [5.74, 6) is 0.159. The van der Waals surface area contributed by atoms with Gasteiger partial charge in [-0.05, 0) is 24.1 Å². The van der Waals surface area contributed by atoms with Crippen LogP contribution < -0.4 is 10.2 Å². The van der Waals surface area contributed by atoms with Gasteiger partial charge in [-0.25, -0.2) is 0 Å². The predicted octanol–water partition coefficient (Wildman–Crippen LogP) is 3.45. The molecule has 1 heterocycles. The monoisotopic (exact) mass is 280 g/mol. The third-order valence-corrected chi connectivity index (χ3v) is 4.18. The van der Waals surface area contributed by atoms with Crippen LogP contribution in [0, 0.1) is 0 Å². The van der Waals surface area contributed by atoms with Crippen molar-refractivity contribution in [3.05, 3.63) is 65.7 Å². The Morgan fingerprint density at radius 2 is 1.76 bits per heavy atom. The first-order valence-electron chi connectivity index (χ1n) is 7.33. The minimum atomic E-state index is 0.0695. The van der Waals surface area contributed by atoms with Crippen LogP contribution in [0.3, 0.4) is 0 Å². The SMILES string of the molecule is CC(NC1CC(=O)N(C)c2ccccc21)c1ccccc1. The van der Waals surface area contributed by atoms with Crippen molar-refractivity contribution in [1.82, 2.24) is 5.32 Å². The number of amides is 1. The summed E-state index contributed by atoms with van der Waals surface area (Å²) in [6.07, 6.45) is 0.505. The van der Waals surface area contributed by atoms with Crippen molar-refractivity contribution in [2.75, 3.05) is 11.9 Å². The molecule has 0 bridgehead atoms. The lowest BCUT2D eigenvalue weighted by Crippen LogP contribution is -2.38. The van der Waals surface area contributed by atoms with Crippen LogP contribution in [0.1, 0.15) is 36.6 Å². The van der Waals surface area contributed by atoms with Crippen molar-refractivity contribution in [1.29, 1.82) is 0 Å². The normalized spacial score (nSPS) is 19.2. The van der Waals surface area contributed by atoms with Gasteiger partial charge in [-0.3, -0.25) is 4.79 Å². The summed E-state index contributed by atoms with van der Waals surface area (Å²) in [5.41, 5.74) is 3.44. The zero-order valence-corrected chi connectivity index (χ0v) is 12.4. The first-order chi connectivity index (χ1) is 10.2. The van der Waals surface area contributed by atoms with E-state index >= 15 is 0 Å². The highest BCUT2D eigenvalue weighted by molar-refractivity contribution is 5.96. The van der Waals surface area contributed by atoms with Crippen molar-refractivity contribution < 1.29 is 4.79 Å². The average Bonchev–Trinajstić information content (AvgIpc) is 2.53. The second kappa shape index (κ2) is 5.70. The molecular weight excluding hydrogens is 260 g/mol. The number of benzene rings is 2. The molecule has 0 fully saturated rings. The molecule has 3 heteroatoms. The molecule has 0 saturated heterocycles. The molecule has 0 radical (unpaired) electrons. The van der Waals surface area contributed by atoms with E-state index in [2.05, 4.69) is 30.4 Å². The van der Waals surface area contributed by atoms with Gasteiger partial charge in [-0.1, -0.05) is 48.5 Å². The number of rotatable bonds is 3. The van der Waals surface area contributed by atoms with Gasteiger partial charge in [0.2, 0.25) is 5.91 Å². The van der Waals surface area contributed by atoms with Crippen LogP contribution in [0.5, 0.6) is 0 Å². The Balaban J connectivity index is 1.86. The fourth-order valence-electron chi connectivity index (χ4n) is 2.93. The number of carbonyl (C=O) groups is 1. The molecule has 3 nitrogen and oxygen atoms in total. The highest BCUT2D eigenvalue weighted by Gasteiger charge is 2.29. The fourth-order valence-corrected chi connectivity index (χ4v) is 2.93. The molecule has 0 spiro atoms. The molecule has 2 unspecified atom stereocenters. The van der Waals surface area contributed by atoms with E-state index in [-0.39, 0.29) is 18.0 Å². The number of carbonyl (C=O) groups excluding carboxylic acids is 1. The molecule has 2 atom stereocenters. The smallest absolute Gasteiger partial charge is 0.228 e. The van der Waals surface area contributed by atoms with Crippen molar-refractivity contribution in [3.8, 4) is 0 Å². The predicted molar refractivity (Wildman–Crippen MR) is 85.2 cm³/mol. The molecule has 2 aromatic rings. The minimum absolute atomic E-state index is 0.0695. The molecule has 0 aliphatic carbocycles. The number of para-hydroxylation sites is 1. The summed E-state index contributed by atoms with van der Waals surface area (Å²) in [7, 11) is 1.85. The third kappa shape index (κ3) is 2.69. The van der Waals surface area contributed by atoms with Gasteiger partial charge in [0.15, 0.2) is 0 Å². The Kier molecular flexibility index (Phi) is 3.76. The van der Waals surface area contributed by atoms with E-state index in [1.807, 2.05) is 43.4 Å². The summed E-state index contributed by atoms with van der Waals surface area (Å²) in [6.45, 7) is 2.14. The van der Waals surface area contributed by atoms with E-state index in [1.54, 1.807) is 4.90 Å². The lowest BCUT2D eigenvalue weighted by atomic mass is 9.94. The number of fused-ring (bicyclic) bond motifs is 1. The second-order valence-corrected chi connectivity index (χ2v) is 5.57. The largest absolute Gasteiger partial charge is 0.315 e. The standard InChI is InChI=1S/C18H20N2O/c1-13(14-8-4-3-5-9-14)19-16-12-18(21)20(2)17-11-7-6-10-15(16)17/h3-11,13,16,19H,12H2,1-2H3. The van der Waals surface area contributed by atoms with Gasteiger partial charge in [0, 0.05) is 31.2 Å². The molecule has 0 aromatic heterocycles. The molecule has 2 aromatic carbocycles. The van der Waals surface area contributed by atoms with E-state index in [0.29, 0.717) is 6.42 Å². The van der Waals surface area contributed by atoms with Crippen LogP contribution in [0.15, 0.2) is 54.6 Å². The Morgan fingerprint density at radius 1 is 1.10 bits per heavy atom. The van der Waals surface area contributed by atoms with E-state index < -0.39 is 0 Å². The molecule has 1 N–H and O–H groups in total. The van der Waals surface area contributed by atoms with Gasteiger partial charge in [-0.2, -0.15) is 0 Å². The quantitative estimate of drug-likeness (QED) is 0.934. The number of hydrogen-bond donors (Lipinski definition) is 1. The molecule has 1 aliphatic heterocycles. The Morgan fingerprint density at radius 3 is 2.52 bits per heavy atom. The molecule has 1 amide bonds. The lowest BCUT2D eigenvalue weighted by Gasteiger charge is -2.33. The Bertz CT molecular complexity index is 639. The van der Waals surface area contributed by atoms with Crippen LogP contribution in [0.25, 0.3) is 0 Å². The summed E-state index contributed by atoms with van der Waals surface area (Å²) >= 11 is 0. The summed E-state index contributed by atoms with van der Waals surface area (Å²) in [6, 6.07) is 18.7. The van der Waals surface area contributed by atoms with Crippen LogP contribution in [0.4, 0.5) is 5.69 Å². The lowest BCUT2D eigenvalue weighted by molar-refractivity contribution is -0.119. The number of nitrogens with zero attached hydrogens (tertiary/aromatic N) is 1. The third-order valence-electron chi connectivity index (χ3n) is 4.18. The van der Waals surface area contributed by atoms with E-state index in [4.69, 9.17) is 0 Å². The van der Waals surface area contributed by atoms with Crippen molar-refractivity contribution in [2.45, 2.75) is 25.4 Å². The number of nitrogens with one attached hydrogen (secondary N) is 1. The molecular formula is C18H20N2O. The van der Waals surface area contributed by atoms with Gasteiger partial charge in [0.1, 0.15) is 0 Å². The maximum atomic E-state index is 12.2. The topological polar surface area (TPSA) is 32.3 Å². The summed E-state index contributed by atoms with van der Waals surface area (Å²) < 4.78 is 0. The molecule has 108 valence electrons. The maximum absolute atomic E-state index is 12.2. The molecule has 1 aliphatic rings. The highest BCUT2D eigenvalue weighted by atomic mass is 16.2. The summed E-state index contributed by atoms with van der Waals surface area (Å²) in [5, 5.41) is 3.59. The Hall–Kier alpha value is -2.13. The first-order valence-corrected chi connectivity index (χ1v) is 7.33. The van der Waals surface area contributed by atoms with E-state index in [9.17, 15) is 4.79 Å². The molecule has 3 rings (SSSR count). The second-order valence-electron chi connectivity index (χ2n) is 5.57. The molecule has 21 heavy (non-hydrogen) atoms. The van der Waals surface area contributed by atoms with Gasteiger partial charge in [0.25, 0.3) is 0 Å². The first kappa shape index (κ1) is 13.8. The van der Waals surface area contributed by atoms with E-state index in [0.717, 1.165) is 5.69 Å². The van der Waals surface area contributed by atoms with E-state index in [1.165, 1.54) is 11.1 Å². The van der Waals surface area contributed by atoms with Crippen LogP contribution >= 0.6 is 0 Å². The minimum Gasteiger partial charge on any atom is -0.315 e. The molecule has 0 saturated carbocycles. The van der Waals surface area contributed by atoms with Gasteiger partial charge in [0.05, 0.1) is 0 Å². The zero-order chi connectivity index (χ0) is 14.8. The van der Waals surface area contributed by atoms with Gasteiger partial charge >= 0.3 is 0 Å². The summed E-state index contributed by atoms with van der Waals surface area (Å²) in [4.78, 5) is 13.9. The average molecular weight is 280 g/mol. The Labute approximate surface area is 125 Å². The van der Waals surface area contributed by atoms with Crippen LogP contribution in [-0.2, 0) is 4.79 Å².